The zero-order chi connectivity index (χ0) is 15.2. The summed E-state index contributed by atoms with van der Waals surface area (Å²) in [4.78, 5) is 23.7. The van der Waals surface area contributed by atoms with Crippen LogP contribution in [0.15, 0.2) is 60.7 Å². The summed E-state index contributed by atoms with van der Waals surface area (Å²) in [6, 6.07) is 18.4. The molecular formula is C18H18O3. The van der Waals surface area contributed by atoms with Crippen LogP contribution in [0.25, 0.3) is 0 Å². The summed E-state index contributed by atoms with van der Waals surface area (Å²) in [6.45, 7) is 1.80. The molecule has 2 aromatic carbocycles. The molecule has 0 bridgehead atoms. The molecule has 0 radical (unpaired) electrons. The van der Waals surface area contributed by atoms with Gasteiger partial charge < -0.3 is 5.11 Å². The van der Waals surface area contributed by atoms with Crippen LogP contribution < -0.4 is 0 Å². The normalized spacial score (nSPS) is 13.4. The second kappa shape index (κ2) is 6.84. The lowest BCUT2D eigenvalue weighted by Gasteiger charge is -2.22. The molecule has 0 fully saturated rings. The van der Waals surface area contributed by atoms with Crippen molar-refractivity contribution < 1.29 is 14.7 Å². The van der Waals surface area contributed by atoms with Crippen molar-refractivity contribution in [2.24, 2.45) is 5.92 Å². The lowest BCUT2D eigenvalue weighted by molar-refractivity contribution is -0.137. The monoisotopic (exact) mass is 282 g/mol. The third-order valence-electron chi connectivity index (χ3n) is 3.70. The maximum absolute atomic E-state index is 12.5. The first-order chi connectivity index (χ1) is 10.1. The van der Waals surface area contributed by atoms with Gasteiger partial charge in [0, 0.05) is 17.4 Å². The Balaban J connectivity index is 2.28. The maximum atomic E-state index is 12.5. The van der Waals surface area contributed by atoms with Gasteiger partial charge in [0.05, 0.1) is 6.42 Å². The van der Waals surface area contributed by atoms with Crippen LogP contribution in [0.2, 0.25) is 0 Å². The number of benzene rings is 2. The minimum absolute atomic E-state index is 0.0225. The molecule has 0 saturated heterocycles. The molecule has 0 aliphatic heterocycles. The quantitative estimate of drug-likeness (QED) is 0.821. The Hall–Kier alpha value is -2.42. The highest BCUT2D eigenvalue weighted by Gasteiger charge is 2.28. The summed E-state index contributed by atoms with van der Waals surface area (Å²) < 4.78 is 0. The van der Waals surface area contributed by atoms with Gasteiger partial charge in [0.25, 0.3) is 0 Å². The number of carboxylic acids is 1. The summed E-state index contributed by atoms with van der Waals surface area (Å²) in [5, 5.41) is 9.14. The first-order valence-electron chi connectivity index (χ1n) is 6.95. The molecule has 2 aromatic rings. The van der Waals surface area contributed by atoms with Crippen LogP contribution in [0.3, 0.4) is 0 Å². The number of ketones is 1. The van der Waals surface area contributed by atoms with E-state index < -0.39 is 5.97 Å². The molecule has 0 aliphatic carbocycles. The Morgan fingerprint density at radius 3 is 2.00 bits per heavy atom. The van der Waals surface area contributed by atoms with E-state index in [9.17, 15) is 9.59 Å². The van der Waals surface area contributed by atoms with Crippen molar-refractivity contribution in [3.8, 4) is 0 Å². The number of hydrogen-bond donors (Lipinski definition) is 1. The number of carbonyl (C=O) groups is 2. The number of Topliss-reactive ketones (excluding diaryl/α,β-unsaturated/α-hetero) is 1. The zero-order valence-electron chi connectivity index (χ0n) is 11.9. The van der Waals surface area contributed by atoms with Crippen molar-refractivity contribution >= 4 is 11.8 Å². The summed E-state index contributed by atoms with van der Waals surface area (Å²) in [5.41, 5.74) is 1.51. The number of hydrogen-bond acceptors (Lipinski definition) is 2. The topological polar surface area (TPSA) is 54.4 Å². The van der Waals surface area contributed by atoms with Gasteiger partial charge in [-0.2, -0.15) is 0 Å². The molecule has 0 heterocycles. The number of carboxylic acid groups (broad SMARTS) is 1. The van der Waals surface area contributed by atoms with Gasteiger partial charge in [-0.3, -0.25) is 9.59 Å². The molecule has 0 spiro atoms. The predicted molar refractivity (Wildman–Crippen MR) is 81.4 cm³/mol. The average Bonchev–Trinajstić information content (AvgIpc) is 2.53. The molecule has 0 aromatic heterocycles. The van der Waals surface area contributed by atoms with E-state index in [2.05, 4.69) is 0 Å². The van der Waals surface area contributed by atoms with Crippen molar-refractivity contribution in [3.63, 3.8) is 0 Å². The predicted octanol–water partition coefficient (Wildman–Crippen LogP) is 3.76. The van der Waals surface area contributed by atoms with Crippen molar-refractivity contribution in [3.05, 3.63) is 71.8 Å². The SMILES string of the molecule is CC(C(=O)c1ccccc1)C(CC(=O)O)c1ccccc1. The molecule has 2 rings (SSSR count). The van der Waals surface area contributed by atoms with Gasteiger partial charge in [-0.05, 0) is 5.56 Å². The highest BCUT2D eigenvalue weighted by Crippen LogP contribution is 2.30. The molecule has 2 atom stereocenters. The molecule has 108 valence electrons. The van der Waals surface area contributed by atoms with Crippen LogP contribution in [0, 0.1) is 5.92 Å². The van der Waals surface area contributed by atoms with Crippen LogP contribution in [0.5, 0.6) is 0 Å². The van der Waals surface area contributed by atoms with Gasteiger partial charge in [-0.1, -0.05) is 67.6 Å². The van der Waals surface area contributed by atoms with E-state index in [4.69, 9.17) is 5.11 Å². The standard InChI is InChI=1S/C18H18O3/c1-13(18(21)15-10-6-3-7-11-15)16(12-17(19)20)14-8-4-2-5-9-14/h2-11,13,16H,12H2,1H3,(H,19,20). The first kappa shape index (κ1) is 15.0. The number of aliphatic carboxylic acids is 1. The smallest absolute Gasteiger partial charge is 0.303 e. The van der Waals surface area contributed by atoms with Crippen LogP contribution in [-0.4, -0.2) is 16.9 Å². The Bertz CT molecular complexity index is 605. The van der Waals surface area contributed by atoms with E-state index in [1.807, 2.05) is 48.5 Å². The first-order valence-corrected chi connectivity index (χ1v) is 6.95. The third kappa shape index (κ3) is 3.78. The Kier molecular flexibility index (Phi) is 4.88. The molecule has 21 heavy (non-hydrogen) atoms. The average molecular weight is 282 g/mol. The van der Waals surface area contributed by atoms with E-state index in [1.54, 1.807) is 19.1 Å². The summed E-state index contributed by atoms with van der Waals surface area (Å²) in [5.74, 6) is -1.62. The maximum Gasteiger partial charge on any atom is 0.303 e. The molecule has 0 amide bonds. The number of rotatable bonds is 6. The van der Waals surface area contributed by atoms with E-state index in [1.165, 1.54) is 0 Å². The summed E-state index contributed by atoms with van der Waals surface area (Å²) >= 11 is 0. The van der Waals surface area contributed by atoms with Crippen molar-refractivity contribution in [2.75, 3.05) is 0 Å². The highest BCUT2D eigenvalue weighted by atomic mass is 16.4. The van der Waals surface area contributed by atoms with Crippen LogP contribution in [0.1, 0.15) is 35.2 Å². The van der Waals surface area contributed by atoms with E-state index in [-0.39, 0.29) is 24.0 Å². The Labute approximate surface area is 124 Å². The fourth-order valence-electron chi connectivity index (χ4n) is 2.52. The van der Waals surface area contributed by atoms with Crippen LogP contribution in [-0.2, 0) is 4.79 Å². The van der Waals surface area contributed by atoms with Gasteiger partial charge in [0.15, 0.2) is 5.78 Å². The van der Waals surface area contributed by atoms with Gasteiger partial charge in [0.2, 0.25) is 0 Å². The van der Waals surface area contributed by atoms with Gasteiger partial charge in [-0.25, -0.2) is 0 Å². The Morgan fingerprint density at radius 1 is 0.952 bits per heavy atom. The molecule has 0 saturated carbocycles. The molecule has 1 N–H and O–H groups in total. The Morgan fingerprint density at radius 2 is 1.48 bits per heavy atom. The second-order valence-corrected chi connectivity index (χ2v) is 5.13. The lowest BCUT2D eigenvalue weighted by atomic mass is 9.80. The second-order valence-electron chi connectivity index (χ2n) is 5.13. The largest absolute Gasteiger partial charge is 0.481 e. The van der Waals surface area contributed by atoms with E-state index in [0.29, 0.717) is 5.56 Å². The fourth-order valence-corrected chi connectivity index (χ4v) is 2.52. The third-order valence-corrected chi connectivity index (χ3v) is 3.70. The van der Waals surface area contributed by atoms with Gasteiger partial charge in [0.1, 0.15) is 0 Å². The van der Waals surface area contributed by atoms with Crippen molar-refractivity contribution in [2.45, 2.75) is 19.3 Å². The van der Waals surface area contributed by atoms with Crippen molar-refractivity contribution in [1.82, 2.24) is 0 Å². The minimum Gasteiger partial charge on any atom is -0.481 e. The van der Waals surface area contributed by atoms with Crippen LogP contribution >= 0.6 is 0 Å². The molecule has 3 nitrogen and oxygen atoms in total. The lowest BCUT2D eigenvalue weighted by Crippen LogP contribution is -2.22. The molecule has 3 heteroatoms. The fraction of sp³-hybridized carbons (Fsp3) is 0.222. The summed E-state index contributed by atoms with van der Waals surface area (Å²) in [7, 11) is 0. The van der Waals surface area contributed by atoms with Crippen LogP contribution in [0.4, 0.5) is 0 Å². The molecule has 0 aliphatic rings. The molecular weight excluding hydrogens is 264 g/mol. The molecule has 2 unspecified atom stereocenters. The minimum atomic E-state index is -0.892. The van der Waals surface area contributed by atoms with E-state index in [0.717, 1.165) is 5.56 Å². The summed E-state index contributed by atoms with van der Waals surface area (Å²) in [6.07, 6.45) is -0.0518. The zero-order valence-corrected chi connectivity index (χ0v) is 11.9. The van der Waals surface area contributed by atoms with E-state index >= 15 is 0 Å². The highest BCUT2D eigenvalue weighted by molar-refractivity contribution is 5.98. The van der Waals surface area contributed by atoms with Gasteiger partial charge in [-0.15, -0.1) is 0 Å². The number of carbonyl (C=O) groups excluding carboxylic acids is 1. The van der Waals surface area contributed by atoms with Crippen molar-refractivity contribution in [1.29, 1.82) is 0 Å². The van der Waals surface area contributed by atoms with Gasteiger partial charge >= 0.3 is 5.97 Å².